The number of rotatable bonds is 16. The van der Waals surface area contributed by atoms with Crippen molar-refractivity contribution >= 4 is 35.0 Å². The zero-order chi connectivity index (χ0) is 48.5. The Morgan fingerprint density at radius 2 is 1.79 bits per heavy atom. The highest BCUT2D eigenvalue weighted by Gasteiger charge is 2.47. The summed E-state index contributed by atoms with van der Waals surface area (Å²) in [6.07, 6.45) is 0.938. The Kier molecular flexibility index (Phi) is 20.7. The van der Waals surface area contributed by atoms with E-state index in [1.54, 1.807) is 39.0 Å². The van der Waals surface area contributed by atoms with E-state index in [4.69, 9.17) is 28.5 Å². The second-order valence-electron chi connectivity index (χ2n) is 17.9. The second-order valence-corrected chi connectivity index (χ2v) is 17.9. The van der Waals surface area contributed by atoms with Crippen LogP contribution in [0.2, 0.25) is 0 Å². The first kappa shape index (κ1) is 52.7. The number of carbonyl (C=O) groups excluding carboxylic acids is 3. The summed E-state index contributed by atoms with van der Waals surface area (Å²) >= 11 is 0. The number of hydrogen-bond donors (Lipinski definition) is 4. The number of nitrogens with zero attached hydrogens (tertiary/aromatic N) is 3. The van der Waals surface area contributed by atoms with Gasteiger partial charge in [-0.3, -0.25) is 9.78 Å². The van der Waals surface area contributed by atoms with Crippen molar-refractivity contribution in [2.45, 2.75) is 122 Å². The van der Waals surface area contributed by atoms with Gasteiger partial charge in [-0.2, -0.15) is 0 Å². The minimum Gasteiger partial charge on any atom is -0.493 e. The molecule has 2 aliphatic heterocycles. The van der Waals surface area contributed by atoms with Crippen LogP contribution in [0.15, 0.2) is 95.8 Å². The summed E-state index contributed by atoms with van der Waals surface area (Å²) in [5.74, 6) is -2.26. The van der Waals surface area contributed by atoms with Crippen molar-refractivity contribution in [1.82, 2.24) is 15.2 Å². The number of benzene rings is 2. The van der Waals surface area contributed by atoms with E-state index in [-0.39, 0.29) is 32.1 Å². The van der Waals surface area contributed by atoms with Gasteiger partial charge in [-0.1, -0.05) is 80.1 Å². The number of aliphatic hydroxyl groups is 3. The molecule has 67 heavy (non-hydrogen) atoms. The minimum atomic E-state index is -1.32. The standard InChI is InChI=1S/C51H70N4O12/c1-8-44-39(31-63-51(61)53-30-36-14-10-9-11-15-36)26-32(2)17-19-41(54-64-25-13-24-62-40-18-20-42-37(28-40)16-12-22-52-42)33(3)27-38(21-23-56)49(34(4)43(57)29-45(58)66-44)67-50-48(60)46(55(6)7)47(59)35(5)65-50/h9-12,14-20,22-23,26,28,33-35,38-39,43-44,46-50,57,59-60H,8,13,21,24-25,27,29-31H2,1-7H3,(H,53,61)/b19-17+,32-26+,54-41+/t33-,34+,35+,38+,39?,43-,44-,46-,47+,48+,49-,50-/m1/s1. The third-order valence-corrected chi connectivity index (χ3v) is 12.5. The Labute approximate surface area is 394 Å². The predicted molar refractivity (Wildman–Crippen MR) is 253 cm³/mol. The molecule has 1 saturated heterocycles. The van der Waals surface area contributed by atoms with Gasteiger partial charge >= 0.3 is 12.1 Å². The van der Waals surface area contributed by atoms with Crippen molar-refractivity contribution in [3.05, 3.63) is 96.2 Å². The molecule has 0 saturated carbocycles. The van der Waals surface area contributed by atoms with Crippen molar-refractivity contribution in [3.8, 4) is 5.75 Å². The molecular formula is C51H70N4O12. The number of pyridine rings is 1. The Hall–Kier alpha value is -5.23. The molecule has 12 atom stereocenters. The number of alkyl carbamates (subject to hydrolysis) is 1. The molecule has 3 aromatic rings. The first-order valence-electron chi connectivity index (χ1n) is 23.3. The van der Waals surface area contributed by atoms with Crippen LogP contribution in [-0.4, -0.2) is 132 Å². The number of aldehydes is 1. The summed E-state index contributed by atoms with van der Waals surface area (Å²) in [7, 11) is 3.47. The van der Waals surface area contributed by atoms with Crippen LogP contribution >= 0.6 is 0 Å². The van der Waals surface area contributed by atoms with E-state index in [1.807, 2.05) is 99.7 Å². The molecule has 3 heterocycles. The molecule has 1 aromatic heterocycles. The number of likely N-dealkylation sites (N-methyl/N-ethyl adjacent to an activating group) is 1. The van der Waals surface area contributed by atoms with Gasteiger partial charge in [-0.25, -0.2) is 4.79 Å². The van der Waals surface area contributed by atoms with Crippen LogP contribution in [0.3, 0.4) is 0 Å². The van der Waals surface area contributed by atoms with Crippen molar-refractivity contribution < 1.29 is 58.2 Å². The molecule has 0 spiro atoms. The second kappa shape index (κ2) is 26.3. The number of allylic oxidation sites excluding steroid dienone is 3. The molecule has 2 aromatic carbocycles. The number of nitrogens with one attached hydrogen (secondary N) is 1. The number of cyclic esters (lactones) is 1. The molecule has 4 N–H and O–H groups in total. The lowest BCUT2D eigenvalue weighted by molar-refractivity contribution is -0.304. The van der Waals surface area contributed by atoms with Crippen LogP contribution < -0.4 is 10.1 Å². The van der Waals surface area contributed by atoms with Gasteiger partial charge in [0.05, 0.1) is 54.7 Å². The minimum absolute atomic E-state index is 0.00604. The molecule has 366 valence electrons. The van der Waals surface area contributed by atoms with Gasteiger partial charge in [0, 0.05) is 48.7 Å². The summed E-state index contributed by atoms with van der Waals surface area (Å²) in [5, 5.41) is 42.6. The Morgan fingerprint density at radius 1 is 1.01 bits per heavy atom. The maximum atomic E-state index is 13.7. The molecule has 0 aliphatic carbocycles. The highest BCUT2D eigenvalue weighted by atomic mass is 16.7. The Morgan fingerprint density at radius 3 is 2.52 bits per heavy atom. The molecule has 1 amide bonds. The number of hydrogen-bond acceptors (Lipinski definition) is 15. The van der Waals surface area contributed by atoms with E-state index < -0.39 is 85.2 Å². The quantitative estimate of drug-likeness (QED) is 0.0550. The van der Waals surface area contributed by atoms with Gasteiger partial charge in [-0.15, -0.1) is 0 Å². The van der Waals surface area contributed by atoms with Gasteiger partial charge in [0.2, 0.25) is 0 Å². The number of oxime groups is 1. The summed E-state index contributed by atoms with van der Waals surface area (Å²) in [4.78, 5) is 51.0. The van der Waals surface area contributed by atoms with Gasteiger partial charge in [0.15, 0.2) is 6.29 Å². The summed E-state index contributed by atoms with van der Waals surface area (Å²) in [5.41, 5.74) is 3.09. The van der Waals surface area contributed by atoms with E-state index in [2.05, 4.69) is 15.5 Å². The van der Waals surface area contributed by atoms with Crippen molar-refractivity contribution in [2.24, 2.45) is 28.8 Å². The van der Waals surface area contributed by atoms with Crippen LogP contribution in [0.4, 0.5) is 4.79 Å². The van der Waals surface area contributed by atoms with Gasteiger partial charge in [-0.05, 0) is 82.6 Å². The summed E-state index contributed by atoms with van der Waals surface area (Å²) in [6.45, 7) is 9.85. The average Bonchev–Trinajstić information content (AvgIpc) is 3.31. The van der Waals surface area contributed by atoms with Crippen LogP contribution in [0.1, 0.15) is 72.3 Å². The number of carbonyl (C=O) groups is 3. The summed E-state index contributed by atoms with van der Waals surface area (Å²) < 4.78 is 30.4. The van der Waals surface area contributed by atoms with Crippen molar-refractivity contribution in [2.75, 3.05) is 33.9 Å². The number of aromatic nitrogens is 1. The zero-order valence-corrected chi connectivity index (χ0v) is 39.8. The SMILES string of the molecule is CC[C@H]1OC(=O)C[C@@H](O)[C@H](C)[C@@H](O[C@H]2O[C@@H](C)[C@H](O)[C@@H](N(C)C)[C@@H]2O)[C@@H](CC=O)C[C@@H](C)C(=N/OCCCOc2ccc3ncccc3c2)/C=C/C(C)=C/C1COC(=O)NCc1ccccc1. The molecule has 1 fully saturated rings. The molecule has 0 bridgehead atoms. The largest absolute Gasteiger partial charge is 0.493 e. The van der Waals surface area contributed by atoms with Crippen LogP contribution in [0.5, 0.6) is 5.75 Å². The van der Waals surface area contributed by atoms with Crippen molar-refractivity contribution in [1.29, 1.82) is 0 Å². The zero-order valence-electron chi connectivity index (χ0n) is 39.8. The van der Waals surface area contributed by atoms with E-state index in [0.717, 1.165) is 28.3 Å². The van der Waals surface area contributed by atoms with E-state index in [1.165, 1.54) is 0 Å². The van der Waals surface area contributed by atoms with E-state index in [9.17, 15) is 29.7 Å². The molecule has 2 aliphatic rings. The monoisotopic (exact) mass is 930 g/mol. The van der Waals surface area contributed by atoms with Gasteiger partial charge < -0.3 is 58.9 Å². The first-order chi connectivity index (χ1) is 32.2. The number of amides is 1. The lowest BCUT2D eigenvalue weighted by atomic mass is 9.79. The third kappa shape index (κ3) is 15.7. The topological polar surface area (TPSA) is 208 Å². The predicted octanol–water partition coefficient (Wildman–Crippen LogP) is 6.16. The van der Waals surface area contributed by atoms with E-state index in [0.29, 0.717) is 37.3 Å². The smallest absolute Gasteiger partial charge is 0.407 e. The molecule has 16 heteroatoms. The molecular weight excluding hydrogens is 861 g/mol. The fourth-order valence-electron chi connectivity index (χ4n) is 8.61. The lowest BCUT2D eigenvalue weighted by Crippen LogP contribution is -2.63. The molecule has 5 rings (SSSR count). The van der Waals surface area contributed by atoms with Crippen LogP contribution in [-0.2, 0) is 39.9 Å². The van der Waals surface area contributed by atoms with Crippen LogP contribution in [0, 0.1) is 23.7 Å². The lowest BCUT2D eigenvalue weighted by Gasteiger charge is -2.46. The number of fused-ring (bicyclic) bond motifs is 1. The van der Waals surface area contributed by atoms with Gasteiger partial charge in [0.25, 0.3) is 0 Å². The number of aliphatic hydroxyl groups excluding tert-OH is 3. The number of ether oxygens (including phenoxy) is 5. The highest BCUT2D eigenvalue weighted by molar-refractivity contribution is 5.96. The molecule has 0 radical (unpaired) electrons. The molecule has 1 unspecified atom stereocenters. The highest BCUT2D eigenvalue weighted by Crippen LogP contribution is 2.34. The number of esters is 1. The van der Waals surface area contributed by atoms with Crippen LogP contribution in [0.25, 0.3) is 10.9 Å². The fraction of sp³-hybridized carbons (Fsp3) is 0.549. The Balaban J connectivity index is 1.42. The maximum Gasteiger partial charge on any atom is 0.407 e. The molecule has 16 nitrogen and oxygen atoms in total. The summed E-state index contributed by atoms with van der Waals surface area (Å²) in [6, 6.07) is 18.3. The fourth-order valence-corrected chi connectivity index (χ4v) is 8.61. The maximum absolute atomic E-state index is 13.7. The van der Waals surface area contributed by atoms with Crippen molar-refractivity contribution in [3.63, 3.8) is 0 Å². The first-order valence-corrected chi connectivity index (χ1v) is 23.3. The third-order valence-electron chi connectivity index (χ3n) is 12.5. The van der Waals surface area contributed by atoms with Gasteiger partial charge in [0.1, 0.15) is 37.5 Å². The normalized spacial score (nSPS) is 30.8. The Bertz CT molecular complexity index is 2120. The van der Waals surface area contributed by atoms with E-state index >= 15 is 0 Å². The average molecular weight is 931 g/mol.